The van der Waals surface area contributed by atoms with E-state index >= 15 is 0 Å². The summed E-state index contributed by atoms with van der Waals surface area (Å²) in [7, 11) is 0. The van der Waals surface area contributed by atoms with E-state index < -0.39 is 0 Å². The van der Waals surface area contributed by atoms with Gasteiger partial charge in [0, 0.05) is 38.1 Å². The number of ketones is 1. The summed E-state index contributed by atoms with van der Waals surface area (Å²) >= 11 is 2.98. The first kappa shape index (κ1) is 26.6. The number of alkyl halides is 1. The SMILES string of the molecule is [CH2-]C(CC(C)(C)C)C(=O)C(C)(C)C.[CH2-]CNC(=O)CBr.[Y]. The largest absolute Gasteiger partial charge is 0.385 e. The number of hydrogen-bond donors (Lipinski definition) is 1. The van der Waals surface area contributed by atoms with E-state index in [2.05, 4.69) is 55.9 Å². The zero-order valence-corrected chi connectivity index (χ0v) is 18.8. The molecule has 21 heavy (non-hydrogen) atoms. The Bertz CT molecular complexity index is 306. The standard InChI is InChI=1S/C12H23O.C4H7BrNO.Y/c1-9(8-11(2,3)4)10(13)12(5,6)7;1-2-6-4(7)3-5;/h9H,1,8H2,2-7H3;1-3H2,(H,6,7);/q2*-1;. The third kappa shape index (κ3) is 16.9. The van der Waals surface area contributed by atoms with Crippen molar-refractivity contribution in [3.05, 3.63) is 13.8 Å². The minimum absolute atomic E-state index is 0. The van der Waals surface area contributed by atoms with Crippen molar-refractivity contribution in [2.75, 3.05) is 11.9 Å². The normalized spacial score (nSPS) is 12.4. The van der Waals surface area contributed by atoms with Gasteiger partial charge < -0.3 is 24.0 Å². The summed E-state index contributed by atoms with van der Waals surface area (Å²) in [5, 5.41) is 2.86. The van der Waals surface area contributed by atoms with E-state index in [1.165, 1.54) is 0 Å². The van der Waals surface area contributed by atoms with Gasteiger partial charge in [0.05, 0.1) is 5.33 Å². The van der Waals surface area contributed by atoms with Gasteiger partial charge in [-0.2, -0.15) is 0 Å². The summed E-state index contributed by atoms with van der Waals surface area (Å²) in [6.07, 6.45) is 0.864. The maximum absolute atomic E-state index is 11.8. The molecule has 0 fully saturated rings. The second kappa shape index (κ2) is 12.2. The van der Waals surface area contributed by atoms with Gasteiger partial charge >= 0.3 is 0 Å². The fourth-order valence-corrected chi connectivity index (χ4v) is 1.83. The van der Waals surface area contributed by atoms with Gasteiger partial charge in [0.25, 0.3) is 0 Å². The molecule has 0 aromatic heterocycles. The summed E-state index contributed by atoms with van der Waals surface area (Å²) in [4.78, 5) is 22.0. The van der Waals surface area contributed by atoms with Crippen molar-refractivity contribution in [2.24, 2.45) is 16.7 Å². The Kier molecular flexibility index (Phi) is 15.4. The zero-order valence-electron chi connectivity index (χ0n) is 14.4. The predicted octanol–water partition coefficient (Wildman–Crippen LogP) is 3.82. The molecule has 0 heterocycles. The molecular weight excluding hydrogens is 407 g/mol. The van der Waals surface area contributed by atoms with Crippen molar-refractivity contribution in [1.82, 2.24) is 5.32 Å². The first-order valence-corrected chi connectivity index (χ1v) is 7.96. The van der Waals surface area contributed by atoms with Crippen LogP contribution in [0.5, 0.6) is 0 Å². The number of amides is 1. The van der Waals surface area contributed by atoms with Crippen molar-refractivity contribution in [3.8, 4) is 0 Å². The van der Waals surface area contributed by atoms with Crippen molar-refractivity contribution in [2.45, 2.75) is 48.0 Å². The van der Waals surface area contributed by atoms with Crippen LogP contribution in [0.25, 0.3) is 0 Å². The van der Waals surface area contributed by atoms with Crippen LogP contribution >= 0.6 is 15.9 Å². The average Bonchev–Trinajstić information content (AvgIpc) is 2.25. The maximum atomic E-state index is 11.8. The Morgan fingerprint density at radius 3 is 1.76 bits per heavy atom. The molecule has 1 N–H and O–H groups in total. The molecule has 0 rings (SSSR count). The molecule has 1 atom stereocenters. The molecule has 0 aliphatic carbocycles. The van der Waals surface area contributed by atoms with Crippen LogP contribution < -0.4 is 5.32 Å². The smallest absolute Gasteiger partial charge is 0.228 e. The van der Waals surface area contributed by atoms with E-state index in [9.17, 15) is 9.59 Å². The second-order valence-electron chi connectivity index (χ2n) is 7.06. The van der Waals surface area contributed by atoms with E-state index in [-0.39, 0.29) is 61.1 Å². The quantitative estimate of drug-likeness (QED) is 0.537. The van der Waals surface area contributed by atoms with E-state index in [0.717, 1.165) is 6.42 Å². The van der Waals surface area contributed by atoms with E-state index in [1.54, 1.807) is 0 Å². The van der Waals surface area contributed by atoms with Crippen molar-refractivity contribution in [3.63, 3.8) is 0 Å². The van der Waals surface area contributed by atoms with E-state index in [1.807, 2.05) is 20.8 Å². The van der Waals surface area contributed by atoms with Crippen LogP contribution in [0.2, 0.25) is 0 Å². The Hall–Kier alpha value is 0.724. The summed E-state index contributed by atoms with van der Waals surface area (Å²) in [6, 6.07) is 0. The number of hydrogen-bond acceptors (Lipinski definition) is 2. The number of Topliss-reactive ketones (excluding diaryl/α,β-unsaturated/α-hetero) is 1. The summed E-state index contributed by atoms with van der Waals surface area (Å²) in [5.41, 5.74) is -0.0645. The minimum atomic E-state index is -0.252. The number of nitrogens with one attached hydrogen (secondary N) is 1. The van der Waals surface area contributed by atoms with Gasteiger partial charge in [-0.3, -0.25) is 4.79 Å². The molecule has 3 nitrogen and oxygen atoms in total. The van der Waals surface area contributed by atoms with Crippen LogP contribution in [-0.4, -0.2) is 23.6 Å². The zero-order chi connectivity index (χ0) is 16.6. The molecule has 5 heteroatoms. The van der Waals surface area contributed by atoms with Crippen LogP contribution in [0.3, 0.4) is 0 Å². The van der Waals surface area contributed by atoms with Crippen molar-refractivity contribution < 1.29 is 42.3 Å². The molecule has 0 aromatic carbocycles. The molecule has 0 saturated carbocycles. The Balaban J connectivity index is -0.000000347. The average molecular weight is 437 g/mol. The van der Waals surface area contributed by atoms with Gasteiger partial charge in [0.15, 0.2) is 0 Å². The Morgan fingerprint density at radius 2 is 1.57 bits per heavy atom. The Labute approximate surface area is 164 Å². The first-order chi connectivity index (χ1) is 8.85. The van der Waals surface area contributed by atoms with Gasteiger partial charge in [0.2, 0.25) is 5.91 Å². The molecule has 0 spiro atoms. The maximum Gasteiger partial charge on any atom is 0.228 e. The topological polar surface area (TPSA) is 46.2 Å². The predicted molar refractivity (Wildman–Crippen MR) is 89.5 cm³/mol. The monoisotopic (exact) mass is 436 g/mol. The molecule has 0 saturated heterocycles. The molecule has 0 aliphatic heterocycles. The van der Waals surface area contributed by atoms with Gasteiger partial charge in [-0.25, -0.2) is 0 Å². The summed E-state index contributed by atoms with van der Waals surface area (Å²) in [5.74, 6) is 0.178. The molecule has 123 valence electrons. The third-order valence-corrected chi connectivity index (χ3v) is 2.92. The van der Waals surface area contributed by atoms with Crippen LogP contribution in [0.1, 0.15) is 48.0 Å². The van der Waals surface area contributed by atoms with Crippen LogP contribution in [0, 0.1) is 30.6 Å². The number of carbonyl (C=O) groups is 2. The molecule has 1 unspecified atom stereocenters. The van der Waals surface area contributed by atoms with Gasteiger partial charge in [-0.15, -0.1) is 12.5 Å². The molecule has 0 aliphatic rings. The van der Waals surface area contributed by atoms with Gasteiger partial charge in [-0.1, -0.05) is 63.9 Å². The summed E-state index contributed by atoms with van der Waals surface area (Å²) in [6.45, 7) is 20.1. The number of carbonyl (C=O) groups excluding carboxylic acids is 2. The van der Waals surface area contributed by atoms with E-state index in [0.29, 0.717) is 11.9 Å². The minimum Gasteiger partial charge on any atom is -0.385 e. The number of halogens is 1. The fraction of sp³-hybridized carbons (Fsp3) is 0.750. The van der Waals surface area contributed by atoms with Crippen molar-refractivity contribution >= 4 is 27.6 Å². The number of rotatable bonds is 4. The molecule has 0 bridgehead atoms. The molecular formula is C16H30BrNO2Y-2. The Morgan fingerprint density at radius 1 is 1.14 bits per heavy atom. The fourth-order valence-electron chi connectivity index (χ4n) is 1.63. The van der Waals surface area contributed by atoms with Gasteiger partial charge in [0.1, 0.15) is 5.78 Å². The van der Waals surface area contributed by atoms with Crippen molar-refractivity contribution in [1.29, 1.82) is 0 Å². The van der Waals surface area contributed by atoms with E-state index in [4.69, 9.17) is 0 Å². The second-order valence-corrected chi connectivity index (χ2v) is 7.62. The first-order valence-electron chi connectivity index (χ1n) is 6.84. The van der Waals surface area contributed by atoms with Crippen LogP contribution in [-0.2, 0) is 42.3 Å². The molecule has 1 amide bonds. The van der Waals surface area contributed by atoms with Gasteiger partial charge in [-0.05, 0) is 5.41 Å². The summed E-state index contributed by atoms with van der Waals surface area (Å²) < 4.78 is 0. The molecule has 0 aromatic rings. The van der Waals surface area contributed by atoms with Crippen LogP contribution in [0.15, 0.2) is 0 Å². The third-order valence-electron chi connectivity index (χ3n) is 2.41. The van der Waals surface area contributed by atoms with Crippen LogP contribution in [0.4, 0.5) is 0 Å². The molecule has 1 radical (unpaired) electrons.